The third-order valence-corrected chi connectivity index (χ3v) is 6.58. The summed E-state index contributed by atoms with van der Waals surface area (Å²) in [5.74, 6) is 0. The molecule has 0 unspecified atom stereocenters. The van der Waals surface area contributed by atoms with E-state index in [2.05, 4.69) is 25.9 Å². The Morgan fingerprint density at radius 3 is 2.10 bits per heavy atom. The van der Waals surface area contributed by atoms with Gasteiger partial charge in [-0.15, -0.1) is 0 Å². The van der Waals surface area contributed by atoms with Crippen LogP contribution in [0, 0.1) is 0 Å². The molecule has 0 spiro atoms. The summed E-state index contributed by atoms with van der Waals surface area (Å²) in [5.41, 5.74) is -0.453. The highest BCUT2D eigenvalue weighted by molar-refractivity contribution is 9.10. The van der Waals surface area contributed by atoms with E-state index >= 15 is 0 Å². The summed E-state index contributed by atoms with van der Waals surface area (Å²) in [4.78, 5) is 23.0. The first-order valence-corrected chi connectivity index (χ1v) is 11.9. The van der Waals surface area contributed by atoms with E-state index in [4.69, 9.17) is 14.2 Å². The minimum atomic E-state index is -0.453. The van der Waals surface area contributed by atoms with Crippen molar-refractivity contribution in [3.63, 3.8) is 0 Å². The Morgan fingerprint density at radius 1 is 0.967 bits per heavy atom. The number of halogens is 1. The van der Waals surface area contributed by atoms with Crippen LogP contribution in [0.1, 0.15) is 72.1 Å². The van der Waals surface area contributed by atoms with Gasteiger partial charge in [-0.3, -0.25) is 0 Å². The van der Waals surface area contributed by atoms with Gasteiger partial charge in [-0.1, -0.05) is 0 Å². The van der Waals surface area contributed by atoms with Gasteiger partial charge in [-0.05, 0) is 88.1 Å². The quantitative estimate of drug-likeness (QED) is 0.610. The van der Waals surface area contributed by atoms with Crippen LogP contribution in [-0.4, -0.2) is 57.0 Å². The molecule has 8 heteroatoms. The molecule has 30 heavy (non-hydrogen) atoms. The minimum Gasteiger partial charge on any atom is -0.460 e. The largest absolute Gasteiger partial charge is 0.460 e. The number of hydrogen-bond donors (Lipinski definition) is 0. The van der Waals surface area contributed by atoms with Crippen LogP contribution in [0.15, 0.2) is 16.9 Å². The van der Waals surface area contributed by atoms with Gasteiger partial charge in [-0.25, -0.2) is 14.8 Å². The maximum Gasteiger partial charge on any atom is 0.410 e. The van der Waals surface area contributed by atoms with Crippen LogP contribution >= 0.6 is 15.9 Å². The first-order valence-electron chi connectivity index (χ1n) is 11.1. The molecule has 2 aliphatic heterocycles. The second kappa shape index (κ2) is 8.99. The highest BCUT2D eigenvalue weighted by Crippen LogP contribution is 2.39. The molecule has 4 rings (SSSR count). The Morgan fingerprint density at radius 2 is 1.53 bits per heavy atom. The first-order chi connectivity index (χ1) is 14.3. The number of carbonyl (C=O) groups excluding carboxylic acids is 1. The molecule has 7 nitrogen and oxygen atoms in total. The summed E-state index contributed by atoms with van der Waals surface area (Å²) in [6.45, 7) is 5.77. The summed E-state index contributed by atoms with van der Waals surface area (Å²) in [5, 5.41) is 0. The van der Waals surface area contributed by atoms with Gasteiger partial charge in [0.25, 0.3) is 0 Å². The van der Waals surface area contributed by atoms with E-state index in [1.54, 1.807) is 12.4 Å². The van der Waals surface area contributed by atoms with E-state index in [1.807, 2.05) is 25.7 Å². The lowest BCUT2D eigenvalue weighted by Crippen LogP contribution is -2.50. The van der Waals surface area contributed by atoms with Crippen molar-refractivity contribution in [3.05, 3.63) is 16.9 Å². The number of carbonyl (C=O) groups is 1. The molecule has 1 aliphatic carbocycles. The number of fused-ring (bicyclic) bond motifs is 2. The molecular weight excluding hydrogens is 450 g/mol. The molecule has 0 aromatic carbocycles. The van der Waals surface area contributed by atoms with E-state index in [-0.39, 0.29) is 36.5 Å². The van der Waals surface area contributed by atoms with Gasteiger partial charge in [0.15, 0.2) is 0 Å². The van der Waals surface area contributed by atoms with Crippen LogP contribution in [-0.2, 0) is 9.47 Å². The Bertz CT molecular complexity index is 717. The summed E-state index contributed by atoms with van der Waals surface area (Å²) in [6, 6.07) is 0.935. The molecular formula is C22H32BrN3O4. The third-order valence-electron chi connectivity index (χ3n) is 6.17. The monoisotopic (exact) mass is 481 g/mol. The van der Waals surface area contributed by atoms with Crippen molar-refractivity contribution < 1.29 is 19.0 Å². The lowest BCUT2D eigenvalue weighted by Gasteiger charge is -2.41. The molecule has 2 atom stereocenters. The van der Waals surface area contributed by atoms with Crippen molar-refractivity contribution in [1.29, 1.82) is 0 Å². The summed E-state index contributed by atoms with van der Waals surface area (Å²) >= 11 is 3.34. The normalized spacial score (nSPS) is 31.5. The van der Waals surface area contributed by atoms with E-state index in [9.17, 15) is 4.79 Å². The highest BCUT2D eigenvalue weighted by Gasteiger charge is 2.45. The molecule has 0 radical (unpaired) electrons. The predicted molar refractivity (Wildman–Crippen MR) is 115 cm³/mol. The van der Waals surface area contributed by atoms with Crippen molar-refractivity contribution >= 4 is 22.0 Å². The molecule has 1 aromatic rings. The zero-order valence-corrected chi connectivity index (χ0v) is 19.6. The fraction of sp³-hybridized carbons (Fsp3) is 0.773. The molecule has 1 aromatic heterocycles. The SMILES string of the molecule is CC(C)(C)OC(=O)N1[C@H]2CC[C@H]1CC(OC1CCC(Oc3ncc(Br)cn3)CC1)C2. The van der Waals surface area contributed by atoms with Gasteiger partial charge >= 0.3 is 12.1 Å². The first kappa shape index (κ1) is 21.8. The van der Waals surface area contributed by atoms with Gasteiger partial charge in [0.05, 0.1) is 16.7 Å². The van der Waals surface area contributed by atoms with Crippen molar-refractivity contribution in [1.82, 2.24) is 14.9 Å². The Kier molecular flexibility index (Phi) is 6.53. The van der Waals surface area contributed by atoms with Crippen LogP contribution in [0.5, 0.6) is 6.01 Å². The van der Waals surface area contributed by atoms with Gasteiger partial charge in [0.2, 0.25) is 0 Å². The number of nitrogens with zero attached hydrogens (tertiary/aromatic N) is 3. The molecule has 1 saturated carbocycles. The van der Waals surface area contributed by atoms with Crippen LogP contribution in [0.25, 0.3) is 0 Å². The maximum atomic E-state index is 12.6. The molecule has 3 aliphatic rings. The van der Waals surface area contributed by atoms with E-state index in [0.29, 0.717) is 6.01 Å². The van der Waals surface area contributed by atoms with Crippen LogP contribution in [0.2, 0.25) is 0 Å². The number of ether oxygens (including phenoxy) is 3. The van der Waals surface area contributed by atoms with E-state index in [1.165, 1.54) is 0 Å². The number of amides is 1. The summed E-state index contributed by atoms with van der Waals surface area (Å²) < 4.78 is 18.9. The summed E-state index contributed by atoms with van der Waals surface area (Å²) in [7, 11) is 0. The van der Waals surface area contributed by atoms with Crippen LogP contribution in [0.3, 0.4) is 0 Å². The average Bonchev–Trinajstić information content (AvgIpc) is 2.95. The molecule has 3 fully saturated rings. The number of hydrogen-bond acceptors (Lipinski definition) is 6. The molecule has 166 valence electrons. The Labute approximate surface area is 187 Å². The topological polar surface area (TPSA) is 73.8 Å². The number of rotatable bonds is 4. The third kappa shape index (κ3) is 5.44. The van der Waals surface area contributed by atoms with Crippen molar-refractivity contribution in [2.24, 2.45) is 0 Å². The fourth-order valence-corrected chi connectivity index (χ4v) is 5.12. The Hall–Kier alpha value is -1.41. The smallest absolute Gasteiger partial charge is 0.410 e. The van der Waals surface area contributed by atoms with Crippen molar-refractivity contribution in [3.8, 4) is 6.01 Å². The van der Waals surface area contributed by atoms with Gasteiger partial charge in [0, 0.05) is 24.5 Å². The lowest BCUT2D eigenvalue weighted by molar-refractivity contribution is -0.0816. The fourth-order valence-electron chi connectivity index (χ4n) is 4.92. The zero-order chi connectivity index (χ0) is 21.3. The van der Waals surface area contributed by atoms with Crippen LogP contribution in [0.4, 0.5) is 4.79 Å². The van der Waals surface area contributed by atoms with Crippen molar-refractivity contribution in [2.75, 3.05) is 0 Å². The van der Waals surface area contributed by atoms with Gasteiger partial charge in [0.1, 0.15) is 11.7 Å². The van der Waals surface area contributed by atoms with Crippen LogP contribution < -0.4 is 4.74 Å². The molecule has 3 heterocycles. The molecule has 0 N–H and O–H groups in total. The van der Waals surface area contributed by atoms with Crippen molar-refractivity contribution in [2.45, 2.75) is 108 Å². The molecule has 2 saturated heterocycles. The highest BCUT2D eigenvalue weighted by atomic mass is 79.9. The minimum absolute atomic E-state index is 0.149. The van der Waals surface area contributed by atoms with Gasteiger partial charge in [-0.2, -0.15) is 0 Å². The van der Waals surface area contributed by atoms with Gasteiger partial charge < -0.3 is 19.1 Å². The predicted octanol–water partition coefficient (Wildman–Crippen LogP) is 4.88. The zero-order valence-electron chi connectivity index (χ0n) is 18.1. The summed E-state index contributed by atoms with van der Waals surface area (Å²) in [6.07, 6.45) is 11.7. The lowest BCUT2D eigenvalue weighted by atomic mass is 9.93. The Balaban J connectivity index is 1.23. The molecule has 2 bridgehead atoms. The second-order valence-corrected chi connectivity index (χ2v) is 10.6. The maximum absolute atomic E-state index is 12.6. The number of piperidine rings is 1. The second-order valence-electron chi connectivity index (χ2n) is 9.70. The standard InChI is InChI=1S/C22H32BrN3O4/c1-22(2,3)30-21(27)26-15-4-5-16(26)11-19(10-15)28-17-6-8-18(9-7-17)29-20-24-12-14(23)13-25-20/h12-13,15-19H,4-11H2,1-3H3/t15-,16-,17?,18?/m0/s1. The van der Waals surface area contributed by atoms with E-state index in [0.717, 1.165) is 55.8 Å². The molecule has 1 amide bonds. The number of aromatic nitrogens is 2. The average molecular weight is 482 g/mol. The van der Waals surface area contributed by atoms with E-state index < -0.39 is 5.60 Å².